The van der Waals surface area contributed by atoms with E-state index < -0.39 is 11.6 Å². The average Bonchev–Trinajstić information content (AvgIpc) is 2.07. The molecule has 0 spiro atoms. The van der Waals surface area contributed by atoms with Gasteiger partial charge in [0.05, 0.1) is 7.11 Å². The van der Waals surface area contributed by atoms with Gasteiger partial charge in [0.15, 0.2) is 11.6 Å². The Morgan fingerprint density at radius 1 is 1.31 bits per heavy atom. The summed E-state index contributed by atoms with van der Waals surface area (Å²) in [4.78, 5) is 0. The topological polar surface area (TPSA) is 9.23 Å². The van der Waals surface area contributed by atoms with Crippen molar-refractivity contribution in [3.63, 3.8) is 0 Å². The summed E-state index contributed by atoms with van der Waals surface area (Å²) < 4.78 is 30.8. The molecule has 1 rings (SSSR count). The predicted octanol–water partition coefficient (Wildman–Crippen LogP) is 3.01. The van der Waals surface area contributed by atoms with Gasteiger partial charge in [0.1, 0.15) is 5.82 Å². The highest BCUT2D eigenvalue weighted by molar-refractivity contribution is 5.62. The molecule has 70 valence electrons. The Morgan fingerprint density at radius 3 is 2.38 bits per heavy atom. The third-order valence-corrected chi connectivity index (χ3v) is 1.70. The lowest BCUT2D eigenvalue weighted by Gasteiger charge is -2.06. The number of hydrogen-bond donors (Lipinski definition) is 0. The van der Waals surface area contributed by atoms with Crippen LogP contribution >= 0.6 is 0 Å². The van der Waals surface area contributed by atoms with E-state index in [4.69, 9.17) is 0 Å². The normalized spacial score (nSPS) is 9.85. The number of allylic oxidation sites excluding steroid dienone is 1. The minimum atomic E-state index is -0.582. The van der Waals surface area contributed by atoms with Crippen LogP contribution in [0.4, 0.5) is 8.78 Å². The number of halogens is 2. The van der Waals surface area contributed by atoms with Gasteiger partial charge in [-0.3, -0.25) is 0 Å². The summed E-state index contributed by atoms with van der Waals surface area (Å²) in [6, 6.07) is 2.09. The number of benzene rings is 1. The first kappa shape index (κ1) is 9.71. The molecule has 0 fully saturated rings. The number of rotatable bonds is 2. The molecule has 0 radical (unpaired) electrons. The van der Waals surface area contributed by atoms with E-state index in [1.54, 1.807) is 6.92 Å². The van der Waals surface area contributed by atoms with Crippen LogP contribution in [0.5, 0.6) is 5.75 Å². The predicted molar refractivity (Wildman–Crippen MR) is 47.6 cm³/mol. The van der Waals surface area contributed by atoms with Crippen molar-refractivity contribution in [1.82, 2.24) is 0 Å². The van der Waals surface area contributed by atoms with E-state index in [1.807, 2.05) is 0 Å². The summed E-state index contributed by atoms with van der Waals surface area (Å²) in [6.45, 7) is 5.15. The molecule has 0 N–H and O–H groups in total. The van der Waals surface area contributed by atoms with Crippen molar-refractivity contribution >= 4 is 5.57 Å². The number of hydrogen-bond acceptors (Lipinski definition) is 1. The zero-order chi connectivity index (χ0) is 10.0. The third-order valence-electron chi connectivity index (χ3n) is 1.70. The molecule has 0 heterocycles. The molecule has 0 unspecified atom stereocenters. The van der Waals surface area contributed by atoms with Crippen molar-refractivity contribution < 1.29 is 13.5 Å². The fourth-order valence-electron chi connectivity index (χ4n) is 1.01. The van der Waals surface area contributed by atoms with Gasteiger partial charge in [0.2, 0.25) is 0 Å². The summed E-state index contributed by atoms with van der Waals surface area (Å²) in [7, 11) is 1.29. The van der Waals surface area contributed by atoms with Crippen molar-refractivity contribution in [2.24, 2.45) is 0 Å². The fourth-order valence-corrected chi connectivity index (χ4v) is 1.01. The molecular formula is C10H10F2O. The van der Waals surface area contributed by atoms with Crippen LogP contribution in [0.15, 0.2) is 18.7 Å². The number of ether oxygens (including phenoxy) is 1. The van der Waals surface area contributed by atoms with Crippen molar-refractivity contribution in [2.75, 3.05) is 7.11 Å². The maximum atomic E-state index is 13.2. The molecule has 0 aliphatic rings. The van der Waals surface area contributed by atoms with Crippen LogP contribution in [0.3, 0.4) is 0 Å². The minimum Gasteiger partial charge on any atom is -0.494 e. The van der Waals surface area contributed by atoms with Crippen molar-refractivity contribution in [1.29, 1.82) is 0 Å². The van der Waals surface area contributed by atoms with Crippen LogP contribution in [0, 0.1) is 11.6 Å². The van der Waals surface area contributed by atoms with E-state index >= 15 is 0 Å². The first-order chi connectivity index (χ1) is 6.06. The Morgan fingerprint density at radius 2 is 1.92 bits per heavy atom. The van der Waals surface area contributed by atoms with Gasteiger partial charge in [-0.05, 0) is 18.6 Å². The lowest BCUT2D eigenvalue weighted by atomic mass is 10.1. The van der Waals surface area contributed by atoms with E-state index in [0.717, 1.165) is 12.1 Å². The van der Waals surface area contributed by atoms with E-state index in [2.05, 4.69) is 11.3 Å². The van der Waals surface area contributed by atoms with Crippen LogP contribution in [0.1, 0.15) is 12.5 Å². The van der Waals surface area contributed by atoms with Gasteiger partial charge >= 0.3 is 0 Å². The zero-order valence-corrected chi connectivity index (χ0v) is 7.53. The molecule has 0 aliphatic heterocycles. The Labute approximate surface area is 75.6 Å². The molecule has 0 saturated heterocycles. The highest BCUT2D eigenvalue weighted by atomic mass is 19.1. The molecule has 3 heteroatoms. The van der Waals surface area contributed by atoms with Gasteiger partial charge in [-0.15, -0.1) is 0 Å². The second-order valence-electron chi connectivity index (χ2n) is 2.75. The fraction of sp³-hybridized carbons (Fsp3) is 0.200. The molecule has 0 amide bonds. The first-order valence-electron chi connectivity index (χ1n) is 3.75. The highest BCUT2D eigenvalue weighted by Gasteiger charge is 2.10. The summed E-state index contributed by atoms with van der Waals surface area (Å²) in [5.74, 6) is -1.20. The zero-order valence-electron chi connectivity index (χ0n) is 7.53. The van der Waals surface area contributed by atoms with Crippen LogP contribution in [-0.4, -0.2) is 7.11 Å². The lowest BCUT2D eigenvalue weighted by Crippen LogP contribution is -1.93. The second-order valence-corrected chi connectivity index (χ2v) is 2.75. The summed E-state index contributed by atoms with van der Waals surface area (Å²) >= 11 is 0. The summed E-state index contributed by atoms with van der Waals surface area (Å²) in [5.41, 5.74) is 0.664. The third kappa shape index (κ3) is 1.86. The van der Waals surface area contributed by atoms with Gasteiger partial charge in [-0.25, -0.2) is 8.78 Å². The highest BCUT2D eigenvalue weighted by Crippen LogP contribution is 2.24. The molecule has 1 nitrogen and oxygen atoms in total. The van der Waals surface area contributed by atoms with Gasteiger partial charge in [0, 0.05) is 11.6 Å². The van der Waals surface area contributed by atoms with Gasteiger partial charge in [0.25, 0.3) is 0 Å². The molecule has 0 atom stereocenters. The maximum Gasteiger partial charge on any atom is 0.165 e. The van der Waals surface area contributed by atoms with Gasteiger partial charge in [-0.1, -0.05) is 6.58 Å². The van der Waals surface area contributed by atoms with Crippen LogP contribution in [0.25, 0.3) is 5.57 Å². The van der Waals surface area contributed by atoms with Crippen molar-refractivity contribution in [2.45, 2.75) is 6.92 Å². The maximum absolute atomic E-state index is 13.2. The summed E-state index contributed by atoms with van der Waals surface area (Å²) in [6.07, 6.45) is 0. The molecular weight excluding hydrogens is 174 g/mol. The van der Waals surface area contributed by atoms with Gasteiger partial charge in [-0.2, -0.15) is 0 Å². The number of methoxy groups -OCH3 is 1. The Balaban J connectivity index is 3.28. The minimum absolute atomic E-state index is 0.0949. The van der Waals surface area contributed by atoms with Gasteiger partial charge < -0.3 is 4.74 Å². The second kappa shape index (κ2) is 3.56. The standard InChI is InChI=1S/C10H10F2O/c1-6(2)7-4-9(12)10(13-3)5-8(7)11/h4-5H,1H2,2-3H3. The summed E-state index contributed by atoms with van der Waals surface area (Å²) in [5, 5.41) is 0. The molecule has 13 heavy (non-hydrogen) atoms. The molecule has 1 aromatic carbocycles. The van der Waals surface area contributed by atoms with Crippen LogP contribution in [0.2, 0.25) is 0 Å². The SMILES string of the molecule is C=C(C)c1cc(F)c(OC)cc1F. The first-order valence-corrected chi connectivity index (χ1v) is 3.75. The average molecular weight is 184 g/mol. The smallest absolute Gasteiger partial charge is 0.165 e. The Hall–Kier alpha value is -1.38. The van der Waals surface area contributed by atoms with Crippen LogP contribution in [-0.2, 0) is 0 Å². The quantitative estimate of drug-likeness (QED) is 0.686. The van der Waals surface area contributed by atoms with E-state index in [1.165, 1.54) is 7.11 Å². The van der Waals surface area contributed by atoms with Crippen molar-refractivity contribution in [3.8, 4) is 5.75 Å². The molecule has 0 aliphatic carbocycles. The van der Waals surface area contributed by atoms with Crippen molar-refractivity contribution in [3.05, 3.63) is 35.9 Å². The van der Waals surface area contributed by atoms with Crippen LogP contribution < -0.4 is 4.74 Å². The molecule has 0 aromatic heterocycles. The molecule has 1 aromatic rings. The Bertz CT molecular complexity index is 345. The largest absolute Gasteiger partial charge is 0.494 e. The molecule has 0 saturated carbocycles. The Kier molecular flexibility index (Phi) is 2.66. The molecule has 0 bridgehead atoms. The van der Waals surface area contributed by atoms with E-state index in [0.29, 0.717) is 5.57 Å². The lowest BCUT2D eigenvalue weighted by molar-refractivity contribution is 0.382. The van der Waals surface area contributed by atoms with E-state index in [9.17, 15) is 8.78 Å². The monoisotopic (exact) mass is 184 g/mol. The van der Waals surface area contributed by atoms with E-state index in [-0.39, 0.29) is 11.3 Å².